The van der Waals surface area contributed by atoms with Gasteiger partial charge in [0.1, 0.15) is 5.82 Å². The largest absolute Gasteiger partial charge is 0.340 e. The van der Waals surface area contributed by atoms with Crippen LogP contribution in [0.1, 0.15) is 5.69 Å². The summed E-state index contributed by atoms with van der Waals surface area (Å²) in [4.78, 5) is 8.69. The molecule has 0 aliphatic rings. The van der Waals surface area contributed by atoms with Gasteiger partial charge in [-0.15, -0.1) is 12.4 Å². The smallest absolute Gasteiger partial charge is 0.189 e. The van der Waals surface area contributed by atoms with Crippen molar-refractivity contribution in [2.75, 3.05) is 11.6 Å². The van der Waals surface area contributed by atoms with E-state index in [9.17, 15) is 0 Å². The summed E-state index contributed by atoms with van der Waals surface area (Å²) < 4.78 is 0. The fraction of sp³-hybridized carbons (Fsp3) is 0.167. The van der Waals surface area contributed by atoms with Crippen molar-refractivity contribution in [1.29, 1.82) is 0 Å². The molecule has 1 heterocycles. The molecule has 1 aromatic heterocycles. The van der Waals surface area contributed by atoms with Crippen molar-refractivity contribution in [2.24, 2.45) is 0 Å². The van der Waals surface area contributed by atoms with Crippen LogP contribution < -0.4 is 5.32 Å². The summed E-state index contributed by atoms with van der Waals surface area (Å²) in [7, 11) is 0. The monoisotopic (exact) mass is 267 g/mol. The maximum absolute atomic E-state index is 4.39. The first kappa shape index (κ1) is 13.8. The van der Waals surface area contributed by atoms with Gasteiger partial charge in [0, 0.05) is 17.4 Å². The molecule has 5 heteroatoms. The lowest BCUT2D eigenvalue weighted by molar-refractivity contribution is 0.940. The zero-order valence-corrected chi connectivity index (χ0v) is 11.3. The topological polar surface area (TPSA) is 37.8 Å². The minimum Gasteiger partial charge on any atom is -0.340 e. The van der Waals surface area contributed by atoms with Crippen LogP contribution in [0.4, 0.5) is 11.5 Å². The standard InChI is InChI=1S/C12H13N3S.ClH/c1-9-8-11(15-12(13-9)16-2)14-10-6-4-3-5-7-10;/h3-8H,1-2H3,(H,13,14,15);1H. The van der Waals surface area contributed by atoms with Crippen LogP contribution in [-0.4, -0.2) is 16.2 Å². The molecule has 0 saturated carbocycles. The Morgan fingerprint density at radius 1 is 1.12 bits per heavy atom. The van der Waals surface area contributed by atoms with Crippen molar-refractivity contribution in [2.45, 2.75) is 12.1 Å². The Labute approximate surface area is 111 Å². The molecule has 17 heavy (non-hydrogen) atoms. The lowest BCUT2D eigenvalue weighted by Gasteiger charge is -2.07. The van der Waals surface area contributed by atoms with Gasteiger partial charge in [-0.25, -0.2) is 9.97 Å². The summed E-state index contributed by atoms with van der Waals surface area (Å²) in [6.07, 6.45) is 1.97. The molecule has 0 spiro atoms. The number of nitrogens with zero attached hydrogens (tertiary/aromatic N) is 2. The average Bonchev–Trinajstić information content (AvgIpc) is 2.29. The van der Waals surface area contributed by atoms with Crippen LogP contribution in [0, 0.1) is 6.92 Å². The van der Waals surface area contributed by atoms with E-state index in [4.69, 9.17) is 0 Å². The second kappa shape index (κ2) is 6.47. The van der Waals surface area contributed by atoms with Crippen LogP contribution in [-0.2, 0) is 0 Å². The Bertz CT molecular complexity index is 476. The summed E-state index contributed by atoms with van der Waals surface area (Å²) in [5.41, 5.74) is 2.01. The van der Waals surface area contributed by atoms with Gasteiger partial charge < -0.3 is 5.32 Å². The summed E-state index contributed by atoms with van der Waals surface area (Å²) >= 11 is 1.55. The van der Waals surface area contributed by atoms with Crippen LogP contribution in [0.2, 0.25) is 0 Å². The van der Waals surface area contributed by atoms with Crippen molar-refractivity contribution < 1.29 is 0 Å². The summed E-state index contributed by atoms with van der Waals surface area (Å²) in [5, 5.41) is 4.05. The van der Waals surface area contributed by atoms with E-state index in [0.29, 0.717) is 0 Å². The molecular weight excluding hydrogens is 254 g/mol. The fourth-order valence-corrected chi connectivity index (χ4v) is 1.79. The van der Waals surface area contributed by atoms with Crippen LogP contribution in [0.15, 0.2) is 41.6 Å². The third-order valence-corrected chi connectivity index (χ3v) is 2.61. The first-order valence-corrected chi connectivity index (χ1v) is 6.22. The van der Waals surface area contributed by atoms with Gasteiger partial charge in [0.25, 0.3) is 0 Å². The average molecular weight is 268 g/mol. The van der Waals surface area contributed by atoms with Crippen molar-refractivity contribution in [3.8, 4) is 0 Å². The maximum Gasteiger partial charge on any atom is 0.189 e. The number of anilines is 2. The molecule has 2 aromatic rings. The molecule has 3 nitrogen and oxygen atoms in total. The maximum atomic E-state index is 4.39. The lowest BCUT2D eigenvalue weighted by Crippen LogP contribution is -1.97. The van der Waals surface area contributed by atoms with Gasteiger partial charge in [0.15, 0.2) is 5.16 Å². The fourth-order valence-electron chi connectivity index (χ4n) is 1.37. The van der Waals surface area contributed by atoms with Crippen LogP contribution in [0.5, 0.6) is 0 Å². The number of nitrogens with one attached hydrogen (secondary N) is 1. The number of aromatic nitrogens is 2. The second-order valence-electron chi connectivity index (χ2n) is 3.37. The number of hydrogen-bond donors (Lipinski definition) is 1. The molecular formula is C12H14ClN3S. The highest BCUT2D eigenvalue weighted by Gasteiger charge is 2.01. The minimum absolute atomic E-state index is 0. The van der Waals surface area contributed by atoms with E-state index in [0.717, 1.165) is 22.4 Å². The first-order chi connectivity index (χ1) is 7.78. The van der Waals surface area contributed by atoms with Crippen molar-refractivity contribution in [3.05, 3.63) is 42.1 Å². The number of hydrogen-bond acceptors (Lipinski definition) is 4. The summed E-state index contributed by atoms with van der Waals surface area (Å²) in [6, 6.07) is 11.9. The first-order valence-electron chi connectivity index (χ1n) is 4.99. The molecule has 0 bridgehead atoms. The zero-order valence-electron chi connectivity index (χ0n) is 9.68. The van der Waals surface area contributed by atoms with Crippen molar-refractivity contribution in [1.82, 2.24) is 9.97 Å². The van der Waals surface area contributed by atoms with Crippen molar-refractivity contribution in [3.63, 3.8) is 0 Å². The second-order valence-corrected chi connectivity index (χ2v) is 4.15. The highest BCUT2D eigenvalue weighted by Crippen LogP contribution is 2.17. The van der Waals surface area contributed by atoms with Crippen LogP contribution >= 0.6 is 24.2 Å². The van der Waals surface area contributed by atoms with E-state index in [1.807, 2.05) is 49.6 Å². The van der Waals surface area contributed by atoms with Gasteiger partial charge in [-0.2, -0.15) is 0 Å². The molecule has 90 valence electrons. The van der Waals surface area contributed by atoms with E-state index in [-0.39, 0.29) is 12.4 Å². The Morgan fingerprint density at radius 3 is 2.47 bits per heavy atom. The number of rotatable bonds is 3. The van der Waals surface area contributed by atoms with Crippen LogP contribution in [0.3, 0.4) is 0 Å². The van der Waals surface area contributed by atoms with Gasteiger partial charge in [-0.05, 0) is 25.3 Å². The molecule has 1 aromatic carbocycles. The summed E-state index contributed by atoms with van der Waals surface area (Å²) in [5.74, 6) is 0.836. The summed E-state index contributed by atoms with van der Waals surface area (Å²) in [6.45, 7) is 1.97. The lowest BCUT2D eigenvalue weighted by atomic mass is 10.3. The molecule has 0 saturated heterocycles. The third-order valence-electron chi connectivity index (χ3n) is 2.06. The van der Waals surface area contributed by atoms with Gasteiger partial charge in [0.2, 0.25) is 0 Å². The zero-order chi connectivity index (χ0) is 11.4. The number of benzene rings is 1. The minimum atomic E-state index is 0. The molecule has 1 N–H and O–H groups in total. The molecule has 0 aliphatic carbocycles. The molecule has 0 unspecified atom stereocenters. The van der Waals surface area contributed by atoms with E-state index in [1.165, 1.54) is 0 Å². The van der Waals surface area contributed by atoms with Gasteiger partial charge in [-0.1, -0.05) is 30.0 Å². The number of aryl methyl sites for hydroxylation is 1. The molecule has 2 rings (SSSR count). The molecule has 0 radical (unpaired) electrons. The van der Waals surface area contributed by atoms with Gasteiger partial charge >= 0.3 is 0 Å². The van der Waals surface area contributed by atoms with Gasteiger partial charge in [-0.3, -0.25) is 0 Å². The van der Waals surface area contributed by atoms with Gasteiger partial charge in [0.05, 0.1) is 0 Å². The van der Waals surface area contributed by atoms with E-state index >= 15 is 0 Å². The molecule has 0 amide bonds. The number of halogens is 1. The highest BCUT2D eigenvalue weighted by atomic mass is 35.5. The predicted octanol–water partition coefficient (Wildman–Crippen LogP) is 3.67. The predicted molar refractivity (Wildman–Crippen MR) is 75.5 cm³/mol. The highest BCUT2D eigenvalue weighted by molar-refractivity contribution is 7.98. The van der Waals surface area contributed by atoms with Crippen LogP contribution in [0.25, 0.3) is 0 Å². The van der Waals surface area contributed by atoms with Crippen molar-refractivity contribution >= 4 is 35.7 Å². The Morgan fingerprint density at radius 2 is 1.82 bits per heavy atom. The van der Waals surface area contributed by atoms with E-state index in [1.54, 1.807) is 11.8 Å². The Kier molecular flexibility index (Phi) is 5.25. The molecule has 0 atom stereocenters. The number of thioether (sulfide) groups is 1. The quantitative estimate of drug-likeness (QED) is 0.680. The Balaban J connectivity index is 0.00000144. The van der Waals surface area contributed by atoms with E-state index < -0.39 is 0 Å². The Hall–Kier alpha value is -1.26. The molecule has 0 fully saturated rings. The third kappa shape index (κ3) is 3.91. The van der Waals surface area contributed by atoms with E-state index in [2.05, 4.69) is 15.3 Å². The number of para-hydroxylation sites is 1. The molecule has 0 aliphatic heterocycles. The normalized spacial score (nSPS) is 9.53. The SMILES string of the molecule is CSc1nc(C)cc(Nc2ccccc2)n1.Cl.